The summed E-state index contributed by atoms with van der Waals surface area (Å²) in [6.07, 6.45) is 35.7. The van der Waals surface area contributed by atoms with Crippen molar-refractivity contribution in [1.29, 1.82) is 0 Å². The van der Waals surface area contributed by atoms with Crippen molar-refractivity contribution in [3.63, 3.8) is 0 Å². The van der Waals surface area contributed by atoms with E-state index in [9.17, 15) is 24.2 Å². The molecular weight excluding hydrogens is 683 g/mol. The maximum atomic E-state index is 12.6. The Morgan fingerprint density at radius 1 is 0.577 bits per heavy atom. The summed E-state index contributed by atoms with van der Waals surface area (Å²) in [5, 5.41) is 18.3. The van der Waals surface area contributed by atoms with E-state index in [4.69, 9.17) is 19.1 Å². The molecule has 0 aromatic heterocycles. The van der Waals surface area contributed by atoms with Crippen molar-refractivity contribution < 1.29 is 47.8 Å². The first-order chi connectivity index (χ1) is 25.2. The van der Waals surface area contributed by atoms with Crippen molar-refractivity contribution in [2.24, 2.45) is 0 Å². The highest BCUT2D eigenvalue weighted by atomic mass is 31.2. The van der Waals surface area contributed by atoms with Gasteiger partial charge in [0.1, 0.15) is 12.7 Å². The average Bonchev–Trinajstić information content (AvgIpc) is 3.13. The van der Waals surface area contributed by atoms with Gasteiger partial charge in [-0.05, 0) is 44.9 Å². The van der Waals surface area contributed by atoms with Crippen molar-refractivity contribution in [3.8, 4) is 0 Å². The number of hydrogen-bond acceptors (Lipinski definition) is 9. The van der Waals surface area contributed by atoms with E-state index < -0.39 is 51.8 Å². The highest BCUT2D eigenvalue weighted by molar-refractivity contribution is 7.47. The maximum absolute atomic E-state index is 12.6. The van der Waals surface area contributed by atoms with Crippen LogP contribution < -0.4 is 0 Å². The summed E-state index contributed by atoms with van der Waals surface area (Å²) in [5.41, 5.74) is 0. The molecule has 0 heterocycles. The van der Waals surface area contributed by atoms with Gasteiger partial charge in [-0.2, -0.15) is 0 Å². The summed E-state index contributed by atoms with van der Waals surface area (Å²) < 4.78 is 32.6. The molecular formula is C41H77O10P. The van der Waals surface area contributed by atoms with E-state index >= 15 is 0 Å². The van der Waals surface area contributed by atoms with Gasteiger partial charge in [0.15, 0.2) is 6.10 Å². The van der Waals surface area contributed by atoms with Crippen LogP contribution in [-0.2, 0) is 32.7 Å². The van der Waals surface area contributed by atoms with E-state index in [0.29, 0.717) is 12.8 Å². The molecule has 3 atom stereocenters. The van der Waals surface area contributed by atoms with Gasteiger partial charge in [-0.1, -0.05) is 154 Å². The van der Waals surface area contributed by atoms with E-state index in [2.05, 4.69) is 42.7 Å². The van der Waals surface area contributed by atoms with Crippen LogP contribution in [0.2, 0.25) is 0 Å². The van der Waals surface area contributed by atoms with E-state index in [-0.39, 0.29) is 19.4 Å². The van der Waals surface area contributed by atoms with Crippen LogP contribution in [0.4, 0.5) is 0 Å². The molecule has 1 unspecified atom stereocenters. The Labute approximate surface area is 317 Å². The Morgan fingerprint density at radius 2 is 1.00 bits per heavy atom. The van der Waals surface area contributed by atoms with Gasteiger partial charge in [-0.15, -0.1) is 0 Å². The van der Waals surface area contributed by atoms with Gasteiger partial charge in [0.05, 0.1) is 19.8 Å². The second-order valence-corrected chi connectivity index (χ2v) is 15.5. The zero-order valence-electron chi connectivity index (χ0n) is 33.0. The molecule has 0 aliphatic heterocycles. The number of aliphatic hydroxyl groups is 2. The third-order valence-corrected chi connectivity index (χ3v) is 9.81. The number of carbonyl (C=O) groups excluding carboxylic acids is 2. The van der Waals surface area contributed by atoms with Crippen LogP contribution in [0.5, 0.6) is 0 Å². The summed E-state index contributed by atoms with van der Waals surface area (Å²) in [4.78, 5) is 34.9. The van der Waals surface area contributed by atoms with Crippen LogP contribution in [0, 0.1) is 0 Å². The molecule has 306 valence electrons. The minimum Gasteiger partial charge on any atom is -0.462 e. The second kappa shape index (κ2) is 37.8. The fourth-order valence-electron chi connectivity index (χ4n) is 5.61. The van der Waals surface area contributed by atoms with Gasteiger partial charge in [0.2, 0.25) is 0 Å². The number of phosphoric acid groups is 1. The minimum absolute atomic E-state index is 0.171. The number of unbranched alkanes of at least 4 members (excludes halogenated alkanes) is 21. The van der Waals surface area contributed by atoms with Crippen molar-refractivity contribution in [2.75, 3.05) is 26.4 Å². The summed E-state index contributed by atoms with van der Waals surface area (Å²) in [6, 6.07) is 0. The van der Waals surface area contributed by atoms with Crippen molar-refractivity contribution in [2.45, 2.75) is 199 Å². The van der Waals surface area contributed by atoms with Crippen LogP contribution in [-0.4, -0.2) is 65.7 Å². The minimum atomic E-state index is -4.61. The van der Waals surface area contributed by atoms with Crippen molar-refractivity contribution in [3.05, 3.63) is 24.3 Å². The van der Waals surface area contributed by atoms with E-state index in [1.807, 2.05) is 0 Å². The van der Waals surface area contributed by atoms with Crippen LogP contribution in [0.1, 0.15) is 187 Å². The molecule has 0 aromatic rings. The molecule has 0 saturated carbocycles. The highest BCUT2D eigenvalue weighted by Crippen LogP contribution is 2.43. The first-order valence-corrected chi connectivity index (χ1v) is 22.3. The lowest BCUT2D eigenvalue weighted by molar-refractivity contribution is -0.161. The van der Waals surface area contributed by atoms with Crippen molar-refractivity contribution in [1.82, 2.24) is 0 Å². The third-order valence-electron chi connectivity index (χ3n) is 8.86. The number of esters is 2. The number of phosphoric ester groups is 1. The number of allylic oxidation sites excluding steroid dienone is 4. The molecule has 0 saturated heterocycles. The second-order valence-electron chi connectivity index (χ2n) is 14.0. The number of ether oxygens (including phenoxy) is 2. The smallest absolute Gasteiger partial charge is 0.462 e. The van der Waals surface area contributed by atoms with Crippen LogP contribution >= 0.6 is 7.82 Å². The Hall–Kier alpha value is -1.55. The summed E-state index contributed by atoms with van der Waals surface area (Å²) in [5.74, 6) is -0.935. The largest absolute Gasteiger partial charge is 0.472 e. The SMILES string of the molecule is CCCCC/C=C/C/C=C/CCCCCCCC(=O)O[C@H](COC(=O)CCCCCCCCCCCCCCCC)COP(=O)(O)OC[C@@H](O)CO. The van der Waals surface area contributed by atoms with E-state index in [1.54, 1.807) is 0 Å². The number of carbonyl (C=O) groups is 2. The summed E-state index contributed by atoms with van der Waals surface area (Å²) in [7, 11) is -4.61. The molecule has 0 fully saturated rings. The van der Waals surface area contributed by atoms with Gasteiger partial charge in [-0.25, -0.2) is 4.57 Å². The third kappa shape index (κ3) is 36.8. The standard InChI is InChI=1S/C41H77O10P/c1-3-5-7-9-11-13-15-17-19-21-23-25-27-29-31-33-41(45)51-39(37-50-52(46,47)49-35-38(43)34-42)36-48-40(44)32-30-28-26-24-22-20-18-16-14-12-10-8-6-4-2/h11,13,17,19,38-39,42-43H,3-10,12,14-16,18,20-37H2,1-2H3,(H,46,47)/b13-11+,19-17+/t38-,39+/m0/s1. The van der Waals surface area contributed by atoms with Crippen LogP contribution in [0.25, 0.3) is 0 Å². The van der Waals surface area contributed by atoms with Gasteiger partial charge in [-0.3, -0.25) is 18.6 Å². The van der Waals surface area contributed by atoms with Crippen LogP contribution in [0.15, 0.2) is 24.3 Å². The monoisotopic (exact) mass is 761 g/mol. The molecule has 52 heavy (non-hydrogen) atoms. The molecule has 0 aliphatic rings. The molecule has 3 N–H and O–H groups in total. The molecule has 0 bridgehead atoms. The Kier molecular flexibility index (Phi) is 36.6. The molecule has 0 aromatic carbocycles. The van der Waals surface area contributed by atoms with E-state index in [1.165, 1.54) is 83.5 Å². The van der Waals surface area contributed by atoms with Gasteiger partial charge in [0, 0.05) is 12.8 Å². The zero-order chi connectivity index (χ0) is 38.4. The molecule has 0 rings (SSSR count). The first-order valence-electron chi connectivity index (χ1n) is 20.8. The number of hydrogen-bond donors (Lipinski definition) is 3. The maximum Gasteiger partial charge on any atom is 0.472 e. The van der Waals surface area contributed by atoms with Gasteiger partial charge in [0.25, 0.3) is 0 Å². The zero-order valence-corrected chi connectivity index (χ0v) is 33.9. The summed E-state index contributed by atoms with van der Waals surface area (Å²) >= 11 is 0. The van der Waals surface area contributed by atoms with Crippen LogP contribution in [0.3, 0.4) is 0 Å². The lowest BCUT2D eigenvalue weighted by Gasteiger charge is -2.20. The molecule has 0 amide bonds. The Balaban J connectivity index is 4.33. The van der Waals surface area contributed by atoms with Gasteiger partial charge >= 0.3 is 19.8 Å². The fourth-order valence-corrected chi connectivity index (χ4v) is 6.40. The normalized spacial score (nSPS) is 14.2. The summed E-state index contributed by atoms with van der Waals surface area (Å²) in [6.45, 7) is 2.34. The first kappa shape index (κ1) is 50.5. The average molecular weight is 761 g/mol. The predicted octanol–water partition coefficient (Wildman–Crippen LogP) is 10.6. The number of rotatable bonds is 39. The lowest BCUT2D eigenvalue weighted by atomic mass is 10.0. The highest BCUT2D eigenvalue weighted by Gasteiger charge is 2.27. The quantitative estimate of drug-likeness (QED) is 0.0239. The molecule has 10 nitrogen and oxygen atoms in total. The topological polar surface area (TPSA) is 149 Å². The lowest BCUT2D eigenvalue weighted by Crippen LogP contribution is -2.29. The molecule has 11 heteroatoms. The molecule has 0 spiro atoms. The Bertz CT molecular complexity index is 925. The predicted molar refractivity (Wildman–Crippen MR) is 210 cm³/mol. The van der Waals surface area contributed by atoms with Crippen molar-refractivity contribution >= 4 is 19.8 Å². The fraction of sp³-hybridized carbons (Fsp3) is 0.854. The number of aliphatic hydroxyl groups excluding tert-OH is 2. The molecule has 0 radical (unpaired) electrons. The Morgan fingerprint density at radius 3 is 1.52 bits per heavy atom. The van der Waals surface area contributed by atoms with Gasteiger partial charge < -0.3 is 24.6 Å². The van der Waals surface area contributed by atoms with E-state index in [0.717, 1.165) is 64.2 Å². The molecule has 0 aliphatic carbocycles.